The number of phosphoric ester groups is 1. The zero-order valence-electron chi connectivity index (χ0n) is 38.8. The molecule has 0 aromatic heterocycles. The molecular formula is C49H96N2O6P+. The minimum absolute atomic E-state index is 0.0545. The Kier molecular flexibility index (Phi) is 40.2. The highest BCUT2D eigenvalue weighted by Gasteiger charge is 2.27. The fourth-order valence-corrected chi connectivity index (χ4v) is 7.68. The predicted octanol–water partition coefficient (Wildman–Crippen LogP) is 13.9. The molecule has 9 heteroatoms. The smallest absolute Gasteiger partial charge is 0.387 e. The summed E-state index contributed by atoms with van der Waals surface area (Å²) in [6.07, 6.45) is 50.9. The van der Waals surface area contributed by atoms with Crippen LogP contribution in [-0.4, -0.2) is 73.4 Å². The topological polar surface area (TPSA) is 105 Å². The lowest BCUT2D eigenvalue weighted by molar-refractivity contribution is -0.870. The second-order valence-electron chi connectivity index (χ2n) is 17.8. The fraction of sp³-hybridized carbons (Fsp3) is 0.857. The van der Waals surface area contributed by atoms with Crippen molar-refractivity contribution in [1.82, 2.24) is 5.32 Å². The molecule has 0 rings (SSSR count). The van der Waals surface area contributed by atoms with Gasteiger partial charge in [0.1, 0.15) is 13.2 Å². The number of hydrogen-bond donors (Lipinski definition) is 3. The van der Waals surface area contributed by atoms with E-state index in [1.54, 1.807) is 6.08 Å². The molecule has 1 amide bonds. The largest absolute Gasteiger partial charge is 0.472 e. The Morgan fingerprint density at radius 2 is 0.948 bits per heavy atom. The molecule has 8 nitrogen and oxygen atoms in total. The van der Waals surface area contributed by atoms with Gasteiger partial charge in [0.15, 0.2) is 0 Å². The summed E-state index contributed by atoms with van der Waals surface area (Å²) in [7, 11) is 1.55. The van der Waals surface area contributed by atoms with Gasteiger partial charge in [-0.15, -0.1) is 0 Å². The van der Waals surface area contributed by atoms with Crippen LogP contribution in [0.1, 0.15) is 219 Å². The van der Waals surface area contributed by atoms with Gasteiger partial charge in [-0.25, -0.2) is 4.57 Å². The van der Waals surface area contributed by atoms with E-state index in [9.17, 15) is 19.4 Å². The molecule has 342 valence electrons. The van der Waals surface area contributed by atoms with Crippen LogP contribution in [0, 0.1) is 0 Å². The third-order valence-corrected chi connectivity index (χ3v) is 11.8. The molecule has 0 aromatic rings. The molecule has 0 bridgehead atoms. The van der Waals surface area contributed by atoms with E-state index in [4.69, 9.17) is 9.05 Å². The number of carbonyl (C=O) groups is 1. The van der Waals surface area contributed by atoms with Gasteiger partial charge in [-0.1, -0.05) is 211 Å². The number of allylic oxidation sites excluding steroid dienone is 5. The third-order valence-electron chi connectivity index (χ3n) is 10.8. The van der Waals surface area contributed by atoms with Crippen molar-refractivity contribution in [2.45, 2.75) is 231 Å². The number of aliphatic hydroxyl groups is 1. The van der Waals surface area contributed by atoms with Crippen molar-refractivity contribution in [3.05, 3.63) is 36.5 Å². The zero-order chi connectivity index (χ0) is 42.8. The Hall–Kier alpha value is -1.28. The SMILES string of the molecule is CCCC/C=C/CC/C=C/CC/C=C/C(O)C(COP(=O)(O)OCC[N+](C)(C)C)NC(=O)CCCCCCCCCCCCCCCCCCCCCCCCCC. The number of nitrogens with zero attached hydrogens (tertiary/aromatic N) is 1. The van der Waals surface area contributed by atoms with Crippen molar-refractivity contribution in [2.75, 3.05) is 40.9 Å². The van der Waals surface area contributed by atoms with E-state index in [0.29, 0.717) is 17.4 Å². The van der Waals surface area contributed by atoms with Crippen LogP contribution in [0.15, 0.2) is 36.5 Å². The summed E-state index contributed by atoms with van der Waals surface area (Å²) in [5.41, 5.74) is 0. The number of amides is 1. The number of nitrogens with one attached hydrogen (secondary N) is 1. The lowest BCUT2D eigenvalue weighted by Gasteiger charge is -2.25. The molecule has 3 unspecified atom stereocenters. The number of rotatable bonds is 44. The summed E-state index contributed by atoms with van der Waals surface area (Å²) in [5, 5.41) is 13.8. The summed E-state index contributed by atoms with van der Waals surface area (Å²) in [4.78, 5) is 23.1. The van der Waals surface area contributed by atoms with Crippen LogP contribution in [0.5, 0.6) is 0 Å². The second-order valence-corrected chi connectivity index (χ2v) is 19.3. The lowest BCUT2D eigenvalue weighted by atomic mass is 10.0. The summed E-state index contributed by atoms with van der Waals surface area (Å²) in [6.45, 7) is 4.75. The Labute approximate surface area is 359 Å². The number of carbonyl (C=O) groups excluding carboxylic acids is 1. The van der Waals surface area contributed by atoms with Crippen LogP contribution in [0.2, 0.25) is 0 Å². The predicted molar refractivity (Wildman–Crippen MR) is 249 cm³/mol. The van der Waals surface area contributed by atoms with Crippen molar-refractivity contribution in [1.29, 1.82) is 0 Å². The van der Waals surface area contributed by atoms with E-state index in [-0.39, 0.29) is 19.1 Å². The van der Waals surface area contributed by atoms with Crippen LogP contribution in [0.3, 0.4) is 0 Å². The first-order chi connectivity index (χ1) is 28.0. The number of phosphoric acid groups is 1. The molecule has 0 aliphatic rings. The first-order valence-electron chi connectivity index (χ1n) is 24.4. The molecule has 3 N–H and O–H groups in total. The average molecular weight is 840 g/mol. The second kappa shape index (κ2) is 41.1. The van der Waals surface area contributed by atoms with E-state index in [0.717, 1.165) is 51.4 Å². The van der Waals surface area contributed by atoms with Gasteiger partial charge in [0.2, 0.25) is 5.91 Å². The van der Waals surface area contributed by atoms with Crippen LogP contribution < -0.4 is 5.32 Å². The van der Waals surface area contributed by atoms with Gasteiger partial charge in [0.05, 0.1) is 39.9 Å². The molecule has 0 heterocycles. The van der Waals surface area contributed by atoms with Crippen molar-refractivity contribution in [3.63, 3.8) is 0 Å². The Balaban J connectivity index is 4.22. The van der Waals surface area contributed by atoms with Crippen LogP contribution in [0.4, 0.5) is 0 Å². The number of likely N-dealkylation sites (N-methyl/N-ethyl adjacent to an activating group) is 1. The molecule has 0 radical (unpaired) electrons. The Morgan fingerprint density at radius 1 is 0.569 bits per heavy atom. The van der Waals surface area contributed by atoms with Crippen LogP contribution in [0.25, 0.3) is 0 Å². The molecule has 0 fully saturated rings. The highest BCUT2D eigenvalue weighted by atomic mass is 31.2. The standard InChI is InChI=1S/C49H95N2O6P/c1-6-8-10-12-14-16-18-20-21-22-23-24-25-26-27-28-29-30-31-33-35-37-39-41-43-49(53)50-47(46-57-58(54,55)56-45-44-51(3,4)5)48(52)42-40-38-36-34-32-19-17-15-13-11-9-7-2/h13,15,32,34,40,42,47-48,52H,6-12,14,16-31,33,35-39,41,43-46H2,1-5H3,(H-,50,53,54,55)/p+1/b15-13+,34-32+,42-40+. The molecule has 0 saturated heterocycles. The van der Waals surface area contributed by atoms with Gasteiger partial charge in [0.25, 0.3) is 0 Å². The minimum atomic E-state index is -4.35. The first kappa shape index (κ1) is 56.7. The first-order valence-corrected chi connectivity index (χ1v) is 25.9. The number of aliphatic hydroxyl groups excluding tert-OH is 1. The minimum Gasteiger partial charge on any atom is -0.387 e. The summed E-state index contributed by atoms with van der Waals surface area (Å²) in [6, 6.07) is -0.865. The molecule has 0 aromatic carbocycles. The van der Waals surface area contributed by atoms with E-state index in [2.05, 4.69) is 43.5 Å². The van der Waals surface area contributed by atoms with Crippen molar-refractivity contribution in [3.8, 4) is 0 Å². The quantitative estimate of drug-likeness (QED) is 0.0244. The number of hydrogen-bond acceptors (Lipinski definition) is 5. The molecule has 3 atom stereocenters. The van der Waals surface area contributed by atoms with Gasteiger partial charge in [-0.3, -0.25) is 13.8 Å². The van der Waals surface area contributed by atoms with E-state index < -0.39 is 20.0 Å². The monoisotopic (exact) mass is 840 g/mol. The third kappa shape index (κ3) is 42.8. The summed E-state index contributed by atoms with van der Waals surface area (Å²) >= 11 is 0. The van der Waals surface area contributed by atoms with Crippen LogP contribution in [-0.2, 0) is 18.4 Å². The Bertz CT molecular complexity index is 1040. The highest BCUT2D eigenvalue weighted by Crippen LogP contribution is 2.43. The normalized spacial score (nSPS) is 14.5. The molecule has 58 heavy (non-hydrogen) atoms. The van der Waals surface area contributed by atoms with Gasteiger partial charge < -0.3 is 19.8 Å². The van der Waals surface area contributed by atoms with Crippen molar-refractivity contribution in [2.24, 2.45) is 0 Å². The molecule has 0 aliphatic heterocycles. The maximum atomic E-state index is 12.9. The van der Waals surface area contributed by atoms with Gasteiger partial charge >= 0.3 is 7.82 Å². The maximum absolute atomic E-state index is 12.9. The molecular weight excluding hydrogens is 744 g/mol. The van der Waals surface area contributed by atoms with Gasteiger partial charge in [-0.2, -0.15) is 0 Å². The van der Waals surface area contributed by atoms with E-state index in [1.807, 2.05) is 27.2 Å². The summed E-state index contributed by atoms with van der Waals surface area (Å²) in [5.74, 6) is -0.190. The zero-order valence-corrected chi connectivity index (χ0v) is 39.7. The average Bonchev–Trinajstić information content (AvgIpc) is 3.17. The van der Waals surface area contributed by atoms with E-state index >= 15 is 0 Å². The fourth-order valence-electron chi connectivity index (χ4n) is 6.94. The summed E-state index contributed by atoms with van der Waals surface area (Å²) < 4.78 is 23.5. The van der Waals surface area contributed by atoms with Crippen molar-refractivity contribution < 1.29 is 32.9 Å². The van der Waals surface area contributed by atoms with E-state index in [1.165, 1.54) is 148 Å². The van der Waals surface area contributed by atoms with Crippen LogP contribution >= 0.6 is 7.82 Å². The number of quaternary nitrogens is 1. The highest BCUT2D eigenvalue weighted by molar-refractivity contribution is 7.47. The molecule has 0 aliphatic carbocycles. The Morgan fingerprint density at radius 3 is 1.36 bits per heavy atom. The van der Waals surface area contributed by atoms with Crippen molar-refractivity contribution >= 4 is 13.7 Å². The lowest BCUT2D eigenvalue weighted by Crippen LogP contribution is -2.45. The number of unbranched alkanes of at least 4 members (excludes halogenated alkanes) is 27. The maximum Gasteiger partial charge on any atom is 0.472 e. The van der Waals surface area contributed by atoms with Gasteiger partial charge in [-0.05, 0) is 38.5 Å². The molecule has 0 saturated carbocycles. The molecule has 0 spiro atoms. The van der Waals surface area contributed by atoms with Gasteiger partial charge in [0, 0.05) is 6.42 Å².